The first-order chi connectivity index (χ1) is 14.1. The maximum atomic E-state index is 12.7. The lowest BCUT2D eigenvalue weighted by Crippen LogP contribution is -2.45. The highest BCUT2D eigenvalue weighted by atomic mass is 16.6. The van der Waals surface area contributed by atoms with Crippen LogP contribution in [-0.2, 0) is 10.3 Å². The van der Waals surface area contributed by atoms with Crippen LogP contribution in [0.3, 0.4) is 0 Å². The topological polar surface area (TPSA) is 99.9 Å². The van der Waals surface area contributed by atoms with Gasteiger partial charge in [-0.15, -0.1) is 0 Å². The molecule has 0 unspecified atom stereocenters. The highest BCUT2D eigenvalue weighted by Crippen LogP contribution is 2.42. The van der Waals surface area contributed by atoms with E-state index >= 15 is 0 Å². The predicted molar refractivity (Wildman–Crippen MR) is 104 cm³/mol. The molecule has 2 aromatic rings. The Morgan fingerprint density at radius 2 is 1.83 bits per heavy atom. The number of hydrogen-bond donors (Lipinski definition) is 1. The summed E-state index contributed by atoms with van der Waals surface area (Å²) in [6, 6.07) is 11.8. The van der Waals surface area contributed by atoms with Crippen molar-refractivity contribution in [2.24, 2.45) is 0 Å². The third-order valence-corrected chi connectivity index (χ3v) is 5.35. The van der Waals surface area contributed by atoms with Gasteiger partial charge in [0.2, 0.25) is 0 Å². The number of ether oxygens (including phenoxy) is 3. The van der Waals surface area contributed by atoms with Crippen LogP contribution in [0, 0.1) is 10.1 Å². The van der Waals surface area contributed by atoms with E-state index in [1.807, 2.05) is 18.2 Å². The molecule has 1 heterocycles. The lowest BCUT2D eigenvalue weighted by atomic mass is 9.87. The lowest BCUT2D eigenvalue weighted by molar-refractivity contribution is -0.385. The van der Waals surface area contributed by atoms with Crippen molar-refractivity contribution in [2.75, 3.05) is 19.8 Å². The number of amides is 1. The third kappa shape index (κ3) is 3.96. The molecule has 1 N–H and O–H groups in total. The zero-order chi connectivity index (χ0) is 20.3. The van der Waals surface area contributed by atoms with Crippen molar-refractivity contribution in [3.8, 4) is 17.2 Å². The Kier molecular flexibility index (Phi) is 5.24. The SMILES string of the molecule is O=C(COc1ccccc1[N+](=O)[O-])NC1(c2ccc3c(c2)OCCO3)CCCC1. The number of carbonyl (C=O) groups excluding carboxylic acids is 1. The molecule has 1 amide bonds. The van der Waals surface area contributed by atoms with Crippen molar-refractivity contribution in [1.29, 1.82) is 0 Å². The summed E-state index contributed by atoms with van der Waals surface area (Å²) in [6.07, 6.45) is 3.62. The fraction of sp³-hybridized carbons (Fsp3) is 0.381. The first-order valence-corrected chi connectivity index (χ1v) is 9.65. The van der Waals surface area contributed by atoms with Gasteiger partial charge in [-0.05, 0) is 36.6 Å². The molecule has 152 valence electrons. The number of fused-ring (bicyclic) bond motifs is 1. The summed E-state index contributed by atoms with van der Waals surface area (Å²) >= 11 is 0. The summed E-state index contributed by atoms with van der Waals surface area (Å²) in [5, 5.41) is 14.2. The van der Waals surface area contributed by atoms with Crippen LogP contribution in [0.4, 0.5) is 5.69 Å². The molecule has 0 aromatic heterocycles. The minimum absolute atomic E-state index is 0.0763. The van der Waals surface area contributed by atoms with E-state index in [0.29, 0.717) is 24.7 Å². The van der Waals surface area contributed by atoms with Crippen LogP contribution in [0.15, 0.2) is 42.5 Å². The average Bonchev–Trinajstić information content (AvgIpc) is 3.21. The van der Waals surface area contributed by atoms with E-state index in [9.17, 15) is 14.9 Å². The fourth-order valence-electron chi connectivity index (χ4n) is 3.98. The summed E-state index contributed by atoms with van der Waals surface area (Å²) in [6.45, 7) is 0.730. The molecule has 0 atom stereocenters. The number of rotatable bonds is 6. The van der Waals surface area contributed by atoms with Gasteiger partial charge in [-0.25, -0.2) is 0 Å². The van der Waals surface area contributed by atoms with E-state index in [1.54, 1.807) is 12.1 Å². The number of nitro groups is 1. The number of nitro benzene ring substituents is 1. The third-order valence-electron chi connectivity index (χ3n) is 5.35. The molecule has 1 saturated carbocycles. The summed E-state index contributed by atoms with van der Waals surface area (Å²) in [7, 11) is 0. The molecule has 1 aliphatic heterocycles. The molecule has 8 nitrogen and oxygen atoms in total. The second-order valence-electron chi connectivity index (χ2n) is 7.21. The Hall–Kier alpha value is -3.29. The van der Waals surface area contributed by atoms with E-state index < -0.39 is 10.5 Å². The van der Waals surface area contributed by atoms with Crippen LogP contribution in [0.5, 0.6) is 17.2 Å². The predicted octanol–water partition coefficient (Wildman–Crippen LogP) is 3.33. The maximum absolute atomic E-state index is 12.7. The second-order valence-corrected chi connectivity index (χ2v) is 7.21. The summed E-state index contributed by atoms with van der Waals surface area (Å²) in [4.78, 5) is 23.2. The van der Waals surface area contributed by atoms with Crippen LogP contribution < -0.4 is 19.5 Å². The number of benzene rings is 2. The van der Waals surface area contributed by atoms with Gasteiger partial charge in [-0.2, -0.15) is 0 Å². The van der Waals surface area contributed by atoms with E-state index in [0.717, 1.165) is 31.2 Å². The quantitative estimate of drug-likeness (QED) is 0.592. The molecule has 8 heteroatoms. The number of hydrogen-bond acceptors (Lipinski definition) is 6. The van der Waals surface area contributed by atoms with Crippen molar-refractivity contribution >= 4 is 11.6 Å². The van der Waals surface area contributed by atoms with Gasteiger partial charge < -0.3 is 19.5 Å². The standard InChI is InChI=1S/C21H22N2O6/c24-20(14-29-17-6-2-1-5-16(17)23(25)26)22-21(9-3-4-10-21)15-7-8-18-19(13-15)28-12-11-27-18/h1-2,5-8,13H,3-4,9-12,14H2,(H,22,24). The fourth-order valence-corrected chi connectivity index (χ4v) is 3.98. The van der Waals surface area contributed by atoms with Crippen molar-refractivity contribution in [2.45, 2.75) is 31.2 Å². The van der Waals surface area contributed by atoms with Gasteiger partial charge in [0.15, 0.2) is 23.9 Å². The van der Waals surface area contributed by atoms with Crippen LogP contribution in [0.25, 0.3) is 0 Å². The Bertz CT molecular complexity index is 923. The zero-order valence-corrected chi connectivity index (χ0v) is 15.9. The van der Waals surface area contributed by atoms with Crippen LogP contribution in [0.2, 0.25) is 0 Å². The number of carbonyl (C=O) groups is 1. The molecule has 0 spiro atoms. The number of nitrogens with one attached hydrogen (secondary N) is 1. The van der Waals surface area contributed by atoms with Crippen molar-refractivity contribution in [3.63, 3.8) is 0 Å². The zero-order valence-electron chi connectivity index (χ0n) is 15.9. The maximum Gasteiger partial charge on any atom is 0.310 e. The van der Waals surface area contributed by atoms with Gasteiger partial charge >= 0.3 is 5.69 Å². The van der Waals surface area contributed by atoms with Gasteiger partial charge in [-0.3, -0.25) is 14.9 Å². The largest absolute Gasteiger partial charge is 0.486 e. The van der Waals surface area contributed by atoms with Gasteiger partial charge in [0.25, 0.3) is 5.91 Å². The normalized spacial score (nSPS) is 16.8. The minimum atomic E-state index is -0.527. The Morgan fingerprint density at radius 3 is 2.59 bits per heavy atom. The molecule has 29 heavy (non-hydrogen) atoms. The molecule has 2 aliphatic rings. The smallest absolute Gasteiger partial charge is 0.310 e. The van der Waals surface area contributed by atoms with Crippen LogP contribution in [0.1, 0.15) is 31.2 Å². The highest BCUT2D eigenvalue weighted by Gasteiger charge is 2.38. The van der Waals surface area contributed by atoms with E-state index in [1.165, 1.54) is 12.1 Å². The summed E-state index contributed by atoms with van der Waals surface area (Å²) < 4.78 is 16.7. The lowest BCUT2D eigenvalue weighted by Gasteiger charge is -2.32. The first-order valence-electron chi connectivity index (χ1n) is 9.65. The molecule has 2 aromatic carbocycles. The molecule has 4 rings (SSSR count). The number of para-hydroxylation sites is 2. The van der Waals surface area contributed by atoms with Gasteiger partial charge in [0, 0.05) is 6.07 Å². The van der Waals surface area contributed by atoms with Crippen molar-refractivity contribution in [3.05, 3.63) is 58.1 Å². The highest BCUT2D eigenvalue weighted by molar-refractivity contribution is 5.79. The Balaban J connectivity index is 1.49. The Labute approximate surface area is 167 Å². The van der Waals surface area contributed by atoms with Gasteiger partial charge in [0.1, 0.15) is 13.2 Å². The number of nitrogens with zero attached hydrogens (tertiary/aromatic N) is 1. The summed E-state index contributed by atoms with van der Waals surface area (Å²) in [5.41, 5.74) is 0.305. The van der Waals surface area contributed by atoms with Gasteiger partial charge in [0.05, 0.1) is 10.5 Å². The van der Waals surface area contributed by atoms with E-state index in [-0.39, 0.29) is 24.0 Å². The molecule has 1 fully saturated rings. The first kappa shape index (κ1) is 19.0. The van der Waals surface area contributed by atoms with Gasteiger partial charge in [-0.1, -0.05) is 31.0 Å². The van der Waals surface area contributed by atoms with Crippen molar-refractivity contribution in [1.82, 2.24) is 5.32 Å². The average molecular weight is 398 g/mol. The second kappa shape index (κ2) is 7.98. The summed E-state index contributed by atoms with van der Waals surface area (Å²) in [5.74, 6) is 1.15. The van der Waals surface area contributed by atoms with Crippen LogP contribution in [-0.4, -0.2) is 30.7 Å². The monoisotopic (exact) mass is 398 g/mol. The molecule has 0 radical (unpaired) electrons. The molecular formula is C21H22N2O6. The molecule has 0 saturated heterocycles. The molecule has 1 aliphatic carbocycles. The van der Waals surface area contributed by atoms with Crippen LogP contribution >= 0.6 is 0 Å². The molecular weight excluding hydrogens is 376 g/mol. The van der Waals surface area contributed by atoms with E-state index in [4.69, 9.17) is 14.2 Å². The molecule has 0 bridgehead atoms. The van der Waals surface area contributed by atoms with E-state index in [2.05, 4.69) is 5.32 Å². The van der Waals surface area contributed by atoms with Crippen molar-refractivity contribution < 1.29 is 23.9 Å². The Morgan fingerprint density at radius 1 is 1.10 bits per heavy atom. The minimum Gasteiger partial charge on any atom is -0.486 e.